The fourth-order valence-corrected chi connectivity index (χ4v) is 0.589. The fourth-order valence-electron chi connectivity index (χ4n) is 0.405. The van der Waals surface area contributed by atoms with E-state index in [1.165, 1.54) is 0 Å². The van der Waals surface area contributed by atoms with E-state index in [-0.39, 0.29) is 0 Å². The first-order valence-electron chi connectivity index (χ1n) is 2.01. The summed E-state index contributed by atoms with van der Waals surface area (Å²) in [6, 6.07) is 3.54. The molecule has 1 aromatic heterocycles. The summed E-state index contributed by atoms with van der Waals surface area (Å²) in [4.78, 5) is 0. The van der Waals surface area contributed by atoms with Crippen molar-refractivity contribution in [1.82, 2.24) is 0 Å². The van der Waals surface area contributed by atoms with E-state index in [2.05, 4.69) is 0 Å². The van der Waals surface area contributed by atoms with Crippen molar-refractivity contribution in [2.45, 2.75) is 0 Å². The minimum Gasteiger partial charge on any atom is -0.461 e. The van der Waals surface area contributed by atoms with E-state index in [1.54, 1.807) is 6.07 Å². The molecule has 0 atom stereocenters. The van der Waals surface area contributed by atoms with E-state index >= 15 is 0 Å². The lowest BCUT2D eigenvalue weighted by atomic mass is 10.1. The normalized spacial score (nSPS) is 9.29. The molecule has 0 aliphatic carbocycles. The molecule has 0 N–H and O–H groups in total. The summed E-state index contributed by atoms with van der Waals surface area (Å²) in [6.07, 6.45) is 0. The van der Waals surface area contributed by atoms with Crippen LogP contribution in [0.3, 0.4) is 0 Å². The van der Waals surface area contributed by atoms with Gasteiger partial charge in [0.2, 0.25) is 0 Å². The minimum absolute atomic E-state index is 0.456. The van der Waals surface area contributed by atoms with Crippen LogP contribution in [0.5, 0.6) is 0 Å². The summed E-state index contributed by atoms with van der Waals surface area (Å²) < 4.78 is 4.85. The average Bonchev–Trinajstić information content (AvgIpc) is 1.87. The zero-order valence-electron chi connectivity index (χ0n) is 3.94. The molecule has 0 bridgehead atoms. The third-order valence-electron chi connectivity index (χ3n) is 0.708. The van der Waals surface area contributed by atoms with Crippen molar-refractivity contribution in [3.63, 3.8) is 0 Å². The van der Waals surface area contributed by atoms with Crippen molar-refractivity contribution in [2.75, 3.05) is 0 Å². The topological polar surface area (TPSA) is 13.1 Å². The summed E-state index contributed by atoms with van der Waals surface area (Å²) >= 11 is 5.39. The molecule has 0 spiro atoms. The van der Waals surface area contributed by atoms with Gasteiger partial charge in [-0.2, -0.15) is 0 Å². The molecule has 0 aliphatic heterocycles. The molecule has 1 rings (SSSR count). The maximum Gasteiger partial charge on any atom is 0.192 e. The van der Waals surface area contributed by atoms with Gasteiger partial charge in [0.25, 0.3) is 0 Å². The lowest BCUT2D eigenvalue weighted by Crippen LogP contribution is -1.92. The van der Waals surface area contributed by atoms with Crippen molar-refractivity contribution in [3.8, 4) is 0 Å². The Balaban J connectivity index is 3.04. The van der Waals surface area contributed by atoms with Crippen LogP contribution in [-0.2, 0) is 0 Å². The summed E-state index contributed by atoms with van der Waals surface area (Å²) in [5, 5.41) is 0.456. The molecule has 0 saturated carbocycles. The second-order valence-electron chi connectivity index (χ2n) is 1.35. The maximum atomic E-state index is 5.39. The Labute approximate surface area is 47.7 Å². The van der Waals surface area contributed by atoms with Gasteiger partial charge < -0.3 is 4.42 Å². The minimum atomic E-state index is 0.456. The van der Waals surface area contributed by atoms with Crippen LogP contribution >= 0.6 is 11.6 Å². The molecule has 0 unspecified atom stereocenters. The van der Waals surface area contributed by atoms with Gasteiger partial charge in [0, 0.05) is 0 Å². The highest BCUT2D eigenvalue weighted by molar-refractivity contribution is 6.32. The zero-order valence-corrected chi connectivity index (χ0v) is 4.70. The molecule has 3 heteroatoms. The standard InChI is InChI=1S/C4H4BClO/c5-3-1-2-4(6)7-3/h1-2H,5H2. The van der Waals surface area contributed by atoms with Crippen LogP contribution in [-0.4, -0.2) is 7.85 Å². The Morgan fingerprint density at radius 2 is 2.29 bits per heavy atom. The highest BCUT2D eigenvalue weighted by Gasteiger charge is 1.88. The van der Waals surface area contributed by atoms with Crippen LogP contribution in [0.1, 0.15) is 0 Å². The summed E-state index contributed by atoms with van der Waals surface area (Å²) in [6.45, 7) is 0. The number of hydrogen-bond donors (Lipinski definition) is 0. The molecule has 1 aromatic rings. The van der Waals surface area contributed by atoms with Crippen LogP contribution in [0.25, 0.3) is 0 Å². The fraction of sp³-hybridized carbons (Fsp3) is 0. The van der Waals surface area contributed by atoms with Gasteiger partial charge in [-0.25, -0.2) is 0 Å². The van der Waals surface area contributed by atoms with E-state index in [1.807, 2.05) is 13.9 Å². The lowest BCUT2D eigenvalue weighted by molar-refractivity contribution is 0.604. The largest absolute Gasteiger partial charge is 0.461 e. The van der Waals surface area contributed by atoms with Crippen LogP contribution < -0.4 is 5.66 Å². The van der Waals surface area contributed by atoms with Gasteiger partial charge in [0.1, 0.15) is 0 Å². The predicted molar refractivity (Wildman–Crippen MR) is 31.9 cm³/mol. The Bertz CT molecular complexity index is 144. The molecule has 0 aliphatic rings. The molecule has 0 aromatic carbocycles. The monoisotopic (exact) mass is 114 g/mol. The lowest BCUT2D eigenvalue weighted by Gasteiger charge is -1.74. The SMILES string of the molecule is Bc1ccc(Cl)o1. The first-order valence-corrected chi connectivity index (χ1v) is 2.39. The number of furan rings is 1. The van der Waals surface area contributed by atoms with E-state index in [0.29, 0.717) is 5.22 Å². The summed E-state index contributed by atoms with van der Waals surface area (Å²) in [5.74, 6) is 0. The van der Waals surface area contributed by atoms with E-state index < -0.39 is 0 Å². The summed E-state index contributed by atoms with van der Waals surface area (Å²) in [7, 11) is 1.85. The van der Waals surface area contributed by atoms with Crippen LogP contribution in [0.15, 0.2) is 16.5 Å². The number of halogens is 1. The van der Waals surface area contributed by atoms with E-state index in [9.17, 15) is 0 Å². The third kappa shape index (κ3) is 0.999. The molecular weight excluding hydrogens is 110 g/mol. The molecule has 1 heterocycles. The number of hydrogen-bond acceptors (Lipinski definition) is 1. The van der Waals surface area contributed by atoms with Gasteiger partial charge in [-0.05, 0) is 23.7 Å². The Morgan fingerprint density at radius 3 is 2.43 bits per heavy atom. The second-order valence-corrected chi connectivity index (χ2v) is 1.72. The molecule has 0 saturated heterocycles. The first kappa shape index (κ1) is 4.79. The molecule has 1 nitrogen and oxygen atoms in total. The smallest absolute Gasteiger partial charge is 0.192 e. The van der Waals surface area contributed by atoms with Crippen molar-refractivity contribution in [2.24, 2.45) is 0 Å². The van der Waals surface area contributed by atoms with Crippen molar-refractivity contribution >= 4 is 25.1 Å². The second kappa shape index (κ2) is 1.62. The van der Waals surface area contributed by atoms with Crippen molar-refractivity contribution in [1.29, 1.82) is 0 Å². The van der Waals surface area contributed by atoms with E-state index in [0.717, 1.165) is 5.66 Å². The number of rotatable bonds is 0. The molecular formula is C4H4BClO. The van der Waals surface area contributed by atoms with Crippen LogP contribution in [0.4, 0.5) is 0 Å². The van der Waals surface area contributed by atoms with Gasteiger partial charge >= 0.3 is 0 Å². The average molecular weight is 114 g/mol. The third-order valence-corrected chi connectivity index (χ3v) is 0.911. The molecule has 7 heavy (non-hydrogen) atoms. The van der Waals surface area contributed by atoms with Crippen LogP contribution in [0, 0.1) is 0 Å². The van der Waals surface area contributed by atoms with Crippen molar-refractivity contribution in [3.05, 3.63) is 17.4 Å². The van der Waals surface area contributed by atoms with Gasteiger partial charge in [0.05, 0.1) is 5.66 Å². The summed E-state index contributed by atoms with van der Waals surface area (Å²) in [5.41, 5.74) is 0.852. The van der Waals surface area contributed by atoms with Crippen molar-refractivity contribution < 1.29 is 4.42 Å². The van der Waals surface area contributed by atoms with E-state index in [4.69, 9.17) is 16.0 Å². The molecule has 0 amide bonds. The Kier molecular flexibility index (Phi) is 1.11. The first-order chi connectivity index (χ1) is 3.29. The Morgan fingerprint density at radius 1 is 1.57 bits per heavy atom. The Hall–Kier alpha value is -0.365. The highest BCUT2D eigenvalue weighted by Crippen LogP contribution is 2.02. The maximum absolute atomic E-state index is 5.39. The molecule has 36 valence electrons. The van der Waals surface area contributed by atoms with Crippen LogP contribution in [0.2, 0.25) is 5.22 Å². The van der Waals surface area contributed by atoms with Gasteiger partial charge in [-0.1, -0.05) is 0 Å². The van der Waals surface area contributed by atoms with Gasteiger partial charge in [-0.3, -0.25) is 0 Å². The zero-order chi connectivity index (χ0) is 5.28. The predicted octanol–water partition coefficient (Wildman–Crippen LogP) is 0.191. The quantitative estimate of drug-likeness (QED) is 0.439. The van der Waals surface area contributed by atoms with Gasteiger partial charge in [-0.15, -0.1) is 0 Å². The highest BCUT2D eigenvalue weighted by atomic mass is 35.5. The van der Waals surface area contributed by atoms with Gasteiger partial charge in [0.15, 0.2) is 13.1 Å². The molecule has 0 fully saturated rings. The molecule has 0 radical (unpaired) electrons.